The Kier molecular flexibility index (Phi) is 8.63. The molecule has 5 nitrogen and oxygen atoms in total. The van der Waals surface area contributed by atoms with E-state index in [-0.39, 0.29) is 24.1 Å². The lowest BCUT2D eigenvalue weighted by Gasteiger charge is -2.53. The molecule has 206 valence electrons. The zero-order valence-corrected chi connectivity index (χ0v) is 23.1. The fourth-order valence-corrected chi connectivity index (χ4v) is 7.02. The monoisotopic (exact) mass is 554 g/mol. The highest BCUT2D eigenvalue weighted by atomic mass is 32.2. The van der Waals surface area contributed by atoms with Gasteiger partial charge in [0, 0.05) is 4.90 Å². The third-order valence-electron chi connectivity index (χ3n) is 7.72. The Balaban J connectivity index is 1.31. The van der Waals surface area contributed by atoms with Crippen LogP contribution in [0.4, 0.5) is 0 Å². The van der Waals surface area contributed by atoms with Crippen molar-refractivity contribution in [2.45, 2.75) is 48.1 Å². The molecule has 6 heteroatoms. The van der Waals surface area contributed by atoms with Crippen LogP contribution in [0.2, 0.25) is 0 Å². The molecule has 1 saturated heterocycles. The summed E-state index contributed by atoms with van der Waals surface area (Å²) in [5, 5.41) is 10.8. The van der Waals surface area contributed by atoms with Gasteiger partial charge in [0.05, 0.1) is 50.5 Å². The van der Waals surface area contributed by atoms with E-state index in [4.69, 9.17) is 18.9 Å². The molecule has 4 aromatic rings. The van der Waals surface area contributed by atoms with Crippen LogP contribution in [-0.4, -0.2) is 35.1 Å². The van der Waals surface area contributed by atoms with E-state index in [1.54, 1.807) is 11.8 Å². The third-order valence-corrected chi connectivity index (χ3v) is 8.89. The van der Waals surface area contributed by atoms with Crippen molar-refractivity contribution in [3.8, 4) is 0 Å². The Labute approximate surface area is 240 Å². The number of rotatable bonds is 12. The van der Waals surface area contributed by atoms with E-state index in [9.17, 15) is 5.11 Å². The topological polar surface area (TPSA) is 57.2 Å². The molecule has 2 aliphatic rings. The summed E-state index contributed by atoms with van der Waals surface area (Å²) in [6, 6.07) is 40.5. The molecule has 0 radical (unpaired) electrons. The lowest BCUT2D eigenvalue weighted by molar-refractivity contribution is -0.381. The standard InChI is InChI=1S/C34H34O5S/c35-21-29-31(36-22-25-13-5-1-6-14-25)32(37-23-26-15-7-2-8-16-26)30-33(40-28-19-11-4-12-20-28)39-34(29,30)38-24-27-17-9-3-10-18-27/h1-20,29-33,35H,21-24H2/t29?,30?,31-,32?,33-,34?/m1/s1. The quantitative estimate of drug-likeness (QED) is 0.217. The van der Waals surface area contributed by atoms with Gasteiger partial charge in [-0.15, -0.1) is 0 Å². The Hall–Kier alpha value is -2.97. The predicted octanol–water partition coefficient (Wildman–Crippen LogP) is 6.46. The molecule has 1 aliphatic carbocycles. The normalized spacial score (nSPS) is 27.2. The predicted molar refractivity (Wildman–Crippen MR) is 155 cm³/mol. The number of ether oxygens (including phenoxy) is 4. The first kappa shape index (κ1) is 27.2. The summed E-state index contributed by atoms with van der Waals surface area (Å²) in [6.45, 7) is 1.07. The van der Waals surface area contributed by atoms with E-state index < -0.39 is 17.8 Å². The van der Waals surface area contributed by atoms with E-state index in [1.807, 2.05) is 97.1 Å². The molecule has 4 aromatic carbocycles. The summed E-state index contributed by atoms with van der Waals surface area (Å²) in [6.07, 6.45) is -0.761. The Morgan fingerprint density at radius 3 is 1.62 bits per heavy atom. The fraction of sp³-hybridized carbons (Fsp3) is 0.294. The van der Waals surface area contributed by atoms with Crippen molar-refractivity contribution >= 4 is 11.8 Å². The average molecular weight is 555 g/mol. The molecule has 1 aliphatic heterocycles. The van der Waals surface area contributed by atoms with Crippen LogP contribution >= 0.6 is 11.8 Å². The summed E-state index contributed by atoms with van der Waals surface area (Å²) < 4.78 is 26.6. The minimum absolute atomic E-state index is 0.140. The molecule has 0 spiro atoms. The van der Waals surface area contributed by atoms with E-state index in [0.29, 0.717) is 19.8 Å². The lowest BCUT2D eigenvalue weighted by atomic mass is 9.90. The molecule has 1 N–H and O–H groups in total. The van der Waals surface area contributed by atoms with Crippen LogP contribution in [0.15, 0.2) is 126 Å². The number of benzene rings is 4. The SMILES string of the molecule is OCC1[C@@H](OCc2ccccc2)C(OCc2ccccc2)C2[C@@H](Sc3ccccc3)OC12OCc1ccccc1. The van der Waals surface area contributed by atoms with E-state index in [2.05, 4.69) is 24.3 Å². The van der Waals surface area contributed by atoms with Crippen LogP contribution in [0.5, 0.6) is 0 Å². The minimum atomic E-state index is -1.03. The van der Waals surface area contributed by atoms with Crippen molar-refractivity contribution in [3.63, 3.8) is 0 Å². The molecule has 1 heterocycles. The van der Waals surface area contributed by atoms with Crippen LogP contribution in [-0.2, 0) is 38.8 Å². The first-order valence-corrected chi connectivity index (χ1v) is 14.6. The van der Waals surface area contributed by atoms with Crippen molar-refractivity contribution in [1.29, 1.82) is 0 Å². The zero-order valence-electron chi connectivity index (χ0n) is 22.3. The van der Waals surface area contributed by atoms with Crippen molar-refractivity contribution in [3.05, 3.63) is 138 Å². The molecular weight excluding hydrogens is 520 g/mol. The molecule has 0 bridgehead atoms. The number of hydrogen-bond donors (Lipinski definition) is 1. The van der Waals surface area contributed by atoms with E-state index >= 15 is 0 Å². The first-order chi connectivity index (χ1) is 19.8. The number of aliphatic hydroxyl groups is 1. The van der Waals surface area contributed by atoms with Gasteiger partial charge in [-0.3, -0.25) is 0 Å². The van der Waals surface area contributed by atoms with Crippen LogP contribution in [0.25, 0.3) is 0 Å². The molecule has 40 heavy (non-hydrogen) atoms. The summed E-state index contributed by atoms with van der Waals surface area (Å²) in [4.78, 5) is 1.11. The second-order valence-electron chi connectivity index (χ2n) is 10.3. The van der Waals surface area contributed by atoms with Gasteiger partial charge in [-0.25, -0.2) is 0 Å². The molecule has 2 fully saturated rings. The summed E-state index contributed by atoms with van der Waals surface area (Å²) in [5.74, 6) is -1.60. The molecular formula is C34H34O5S. The average Bonchev–Trinajstić information content (AvgIpc) is 3.21. The van der Waals surface area contributed by atoms with Gasteiger partial charge in [-0.1, -0.05) is 121 Å². The molecule has 4 unspecified atom stereocenters. The Bertz CT molecular complexity index is 1320. The van der Waals surface area contributed by atoms with Crippen LogP contribution < -0.4 is 0 Å². The summed E-state index contributed by atoms with van der Waals surface area (Å²) in [5.41, 5.74) is 2.99. The molecule has 0 aromatic heterocycles. The Morgan fingerprint density at radius 1 is 0.625 bits per heavy atom. The molecule has 6 atom stereocenters. The molecule has 6 rings (SSSR count). The number of aliphatic hydroxyl groups excluding tert-OH is 1. The van der Waals surface area contributed by atoms with Crippen LogP contribution in [0.3, 0.4) is 0 Å². The highest BCUT2D eigenvalue weighted by Gasteiger charge is 2.73. The minimum Gasteiger partial charge on any atom is -0.396 e. The van der Waals surface area contributed by atoms with Gasteiger partial charge in [0.2, 0.25) is 0 Å². The van der Waals surface area contributed by atoms with Crippen molar-refractivity contribution in [2.75, 3.05) is 6.61 Å². The number of thioether (sulfide) groups is 1. The fourth-order valence-electron chi connectivity index (χ4n) is 5.74. The maximum absolute atomic E-state index is 10.8. The van der Waals surface area contributed by atoms with Gasteiger partial charge in [0.15, 0.2) is 5.79 Å². The first-order valence-electron chi connectivity index (χ1n) is 13.8. The van der Waals surface area contributed by atoms with E-state index in [1.165, 1.54) is 0 Å². The van der Waals surface area contributed by atoms with Crippen molar-refractivity contribution < 1.29 is 24.1 Å². The van der Waals surface area contributed by atoms with Gasteiger partial charge in [-0.2, -0.15) is 0 Å². The second kappa shape index (κ2) is 12.7. The largest absolute Gasteiger partial charge is 0.396 e. The summed E-state index contributed by atoms with van der Waals surface area (Å²) in [7, 11) is 0. The lowest BCUT2D eigenvalue weighted by Crippen LogP contribution is -2.63. The van der Waals surface area contributed by atoms with Crippen molar-refractivity contribution in [1.82, 2.24) is 0 Å². The maximum Gasteiger partial charge on any atom is 0.186 e. The smallest absolute Gasteiger partial charge is 0.186 e. The highest BCUT2D eigenvalue weighted by Crippen LogP contribution is 2.60. The van der Waals surface area contributed by atoms with Crippen LogP contribution in [0, 0.1) is 11.8 Å². The number of fused-ring (bicyclic) bond motifs is 1. The maximum atomic E-state index is 10.8. The van der Waals surface area contributed by atoms with E-state index in [0.717, 1.165) is 21.6 Å². The molecule has 0 amide bonds. The van der Waals surface area contributed by atoms with Gasteiger partial charge in [-0.05, 0) is 28.8 Å². The van der Waals surface area contributed by atoms with Crippen molar-refractivity contribution in [2.24, 2.45) is 11.8 Å². The second-order valence-corrected chi connectivity index (χ2v) is 11.4. The van der Waals surface area contributed by atoms with Gasteiger partial charge >= 0.3 is 0 Å². The summed E-state index contributed by atoms with van der Waals surface area (Å²) >= 11 is 1.66. The van der Waals surface area contributed by atoms with Crippen LogP contribution in [0.1, 0.15) is 16.7 Å². The highest BCUT2D eigenvalue weighted by molar-refractivity contribution is 7.99. The van der Waals surface area contributed by atoms with Gasteiger partial charge < -0.3 is 24.1 Å². The zero-order chi connectivity index (χ0) is 27.2. The van der Waals surface area contributed by atoms with Gasteiger partial charge in [0.1, 0.15) is 5.44 Å². The number of hydrogen-bond acceptors (Lipinski definition) is 6. The third kappa shape index (κ3) is 5.75. The Morgan fingerprint density at radius 2 is 1.10 bits per heavy atom. The van der Waals surface area contributed by atoms with Gasteiger partial charge in [0.25, 0.3) is 0 Å². The molecule has 1 saturated carbocycles.